The number of nitrogens with zero attached hydrogens (tertiary/aromatic N) is 5. The topological polar surface area (TPSA) is 48.5 Å². The maximum atomic E-state index is 4.31. The van der Waals surface area contributed by atoms with Crippen molar-refractivity contribution in [3.05, 3.63) is 27.4 Å². The lowest BCUT2D eigenvalue weighted by molar-refractivity contribution is 0.455. The highest BCUT2D eigenvalue weighted by Gasteiger charge is 2.10. The molecule has 0 N–H and O–H groups in total. The van der Waals surface area contributed by atoms with E-state index in [1.807, 2.05) is 15.4 Å². The zero-order valence-corrected chi connectivity index (χ0v) is 12.8. The average Bonchev–Trinajstić information content (AvgIpc) is 2.75. The SMILES string of the molecule is CC(C)Cn1ncnc1Cn1nc(Br)cc1Br. The van der Waals surface area contributed by atoms with Gasteiger partial charge < -0.3 is 0 Å². The van der Waals surface area contributed by atoms with Crippen molar-refractivity contribution in [3.63, 3.8) is 0 Å². The van der Waals surface area contributed by atoms with Gasteiger partial charge in [-0.2, -0.15) is 10.2 Å². The summed E-state index contributed by atoms with van der Waals surface area (Å²) in [5.74, 6) is 1.46. The van der Waals surface area contributed by atoms with E-state index in [-0.39, 0.29) is 0 Å². The summed E-state index contributed by atoms with van der Waals surface area (Å²) in [6.07, 6.45) is 1.59. The van der Waals surface area contributed by atoms with Gasteiger partial charge in [0.1, 0.15) is 27.9 Å². The predicted molar refractivity (Wildman–Crippen MR) is 71.6 cm³/mol. The van der Waals surface area contributed by atoms with Crippen LogP contribution in [0.1, 0.15) is 19.7 Å². The standard InChI is InChI=1S/C10H13Br2N5/c1-7(2)4-17-10(13-6-14-17)5-16-9(12)3-8(11)15-16/h3,6-7H,4-5H2,1-2H3. The van der Waals surface area contributed by atoms with Gasteiger partial charge in [0.2, 0.25) is 0 Å². The van der Waals surface area contributed by atoms with E-state index in [1.54, 1.807) is 6.33 Å². The summed E-state index contributed by atoms with van der Waals surface area (Å²) in [6, 6.07) is 1.91. The summed E-state index contributed by atoms with van der Waals surface area (Å²) in [5, 5.41) is 8.54. The van der Waals surface area contributed by atoms with Crippen molar-refractivity contribution in [2.24, 2.45) is 5.92 Å². The highest BCUT2D eigenvalue weighted by molar-refractivity contribution is 9.11. The summed E-state index contributed by atoms with van der Waals surface area (Å²) >= 11 is 6.79. The van der Waals surface area contributed by atoms with Gasteiger partial charge in [-0.25, -0.2) is 14.3 Å². The quantitative estimate of drug-likeness (QED) is 0.840. The Labute approximate surface area is 116 Å². The van der Waals surface area contributed by atoms with E-state index in [9.17, 15) is 0 Å². The smallest absolute Gasteiger partial charge is 0.148 e. The van der Waals surface area contributed by atoms with Gasteiger partial charge in [-0.3, -0.25) is 0 Å². The van der Waals surface area contributed by atoms with Crippen LogP contribution < -0.4 is 0 Å². The first kappa shape index (κ1) is 12.8. The lowest BCUT2D eigenvalue weighted by atomic mass is 10.2. The normalized spacial score (nSPS) is 11.4. The number of rotatable bonds is 4. The first-order chi connectivity index (χ1) is 8.06. The van der Waals surface area contributed by atoms with Crippen LogP contribution in [0.15, 0.2) is 21.6 Å². The molecule has 2 rings (SSSR count). The van der Waals surface area contributed by atoms with Crippen molar-refractivity contribution in [2.75, 3.05) is 0 Å². The number of hydrogen-bond acceptors (Lipinski definition) is 3. The Bertz CT molecular complexity index is 503. The fourth-order valence-corrected chi connectivity index (χ4v) is 2.66. The van der Waals surface area contributed by atoms with Crippen LogP contribution in [0.4, 0.5) is 0 Å². The van der Waals surface area contributed by atoms with Crippen molar-refractivity contribution >= 4 is 31.9 Å². The molecule has 2 aromatic rings. The molecule has 0 unspecified atom stereocenters. The van der Waals surface area contributed by atoms with Crippen LogP contribution in [0, 0.1) is 5.92 Å². The molecule has 5 nitrogen and oxygen atoms in total. The van der Waals surface area contributed by atoms with Gasteiger partial charge in [0.15, 0.2) is 0 Å². The molecule has 0 aliphatic carbocycles. The van der Waals surface area contributed by atoms with Gasteiger partial charge in [0.25, 0.3) is 0 Å². The maximum absolute atomic E-state index is 4.31. The first-order valence-corrected chi connectivity index (χ1v) is 6.90. The van der Waals surface area contributed by atoms with Gasteiger partial charge in [-0.05, 0) is 37.8 Å². The third-order valence-electron chi connectivity index (χ3n) is 2.23. The van der Waals surface area contributed by atoms with E-state index in [1.165, 1.54) is 0 Å². The van der Waals surface area contributed by atoms with Gasteiger partial charge in [-0.1, -0.05) is 13.8 Å². The van der Waals surface area contributed by atoms with E-state index in [2.05, 4.69) is 60.9 Å². The monoisotopic (exact) mass is 361 g/mol. The molecule has 0 radical (unpaired) electrons. The van der Waals surface area contributed by atoms with E-state index in [0.717, 1.165) is 21.6 Å². The molecule has 17 heavy (non-hydrogen) atoms. The Balaban J connectivity index is 2.18. The fourth-order valence-electron chi connectivity index (χ4n) is 1.52. The molecule has 0 aliphatic rings. The minimum atomic E-state index is 0.545. The second-order valence-corrected chi connectivity index (χ2v) is 5.82. The Morgan fingerprint density at radius 2 is 2.06 bits per heavy atom. The third-order valence-corrected chi connectivity index (χ3v) is 3.25. The van der Waals surface area contributed by atoms with Gasteiger partial charge in [-0.15, -0.1) is 0 Å². The van der Waals surface area contributed by atoms with Crippen molar-refractivity contribution in [3.8, 4) is 0 Å². The number of halogens is 2. The molecule has 7 heteroatoms. The highest BCUT2D eigenvalue weighted by atomic mass is 79.9. The van der Waals surface area contributed by atoms with E-state index in [4.69, 9.17) is 0 Å². The Morgan fingerprint density at radius 1 is 1.29 bits per heavy atom. The molecule has 0 spiro atoms. The zero-order chi connectivity index (χ0) is 12.4. The van der Waals surface area contributed by atoms with Gasteiger partial charge >= 0.3 is 0 Å². The molecular weight excluding hydrogens is 350 g/mol. The second-order valence-electron chi connectivity index (χ2n) is 4.20. The molecule has 0 bridgehead atoms. The minimum absolute atomic E-state index is 0.545. The van der Waals surface area contributed by atoms with Gasteiger partial charge in [0, 0.05) is 12.6 Å². The summed E-state index contributed by atoms with van der Waals surface area (Å²) in [4.78, 5) is 4.27. The lowest BCUT2D eigenvalue weighted by Crippen LogP contribution is -2.14. The molecule has 0 aliphatic heterocycles. The van der Waals surface area contributed by atoms with Crippen LogP contribution in [-0.4, -0.2) is 24.5 Å². The van der Waals surface area contributed by atoms with E-state index >= 15 is 0 Å². The summed E-state index contributed by atoms with van der Waals surface area (Å²) in [6.45, 7) is 5.80. The molecule has 0 fully saturated rings. The lowest BCUT2D eigenvalue weighted by Gasteiger charge is -2.08. The second kappa shape index (κ2) is 5.30. The Kier molecular flexibility index (Phi) is 3.98. The zero-order valence-electron chi connectivity index (χ0n) is 9.64. The molecule has 0 aromatic carbocycles. The van der Waals surface area contributed by atoms with Crippen molar-refractivity contribution < 1.29 is 0 Å². The van der Waals surface area contributed by atoms with Crippen LogP contribution in [0.3, 0.4) is 0 Å². The van der Waals surface area contributed by atoms with Crippen molar-refractivity contribution in [1.29, 1.82) is 0 Å². The van der Waals surface area contributed by atoms with E-state index < -0.39 is 0 Å². The third kappa shape index (κ3) is 3.16. The summed E-state index contributed by atoms with van der Waals surface area (Å²) < 4.78 is 5.49. The molecule has 2 heterocycles. The molecule has 2 aromatic heterocycles. The maximum Gasteiger partial charge on any atom is 0.148 e. The number of aromatic nitrogens is 5. The van der Waals surface area contributed by atoms with Crippen LogP contribution in [0.5, 0.6) is 0 Å². The molecular formula is C10H13Br2N5. The Morgan fingerprint density at radius 3 is 2.65 bits per heavy atom. The molecule has 0 saturated heterocycles. The molecule has 0 atom stereocenters. The van der Waals surface area contributed by atoms with Crippen LogP contribution in [-0.2, 0) is 13.1 Å². The summed E-state index contributed by atoms with van der Waals surface area (Å²) in [5.41, 5.74) is 0. The number of hydrogen-bond donors (Lipinski definition) is 0. The van der Waals surface area contributed by atoms with Crippen LogP contribution >= 0.6 is 31.9 Å². The van der Waals surface area contributed by atoms with Crippen molar-refractivity contribution in [1.82, 2.24) is 24.5 Å². The fraction of sp³-hybridized carbons (Fsp3) is 0.500. The highest BCUT2D eigenvalue weighted by Crippen LogP contribution is 2.17. The van der Waals surface area contributed by atoms with E-state index in [0.29, 0.717) is 12.5 Å². The van der Waals surface area contributed by atoms with Crippen LogP contribution in [0.2, 0.25) is 0 Å². The van der Waals surface area contributed by atoms with Crippen LogP contribution in [0.25, 0.3) is 0 Å². The molecule has 92 valence electrons. The molecule has 0 amide bonds. The molecule has 0 saturated carbocycles. The van der Waals surface area contributed by atoms with Gasteiger partial charge in [0.05, 0.1) is 0 Å². The Hall–Kier alpha value is -0.690. The first-order valence-electron chi connectivity index (χ1n) is 5.32. The largest absolute Gasteiger partial charge is 0.250 e. The minimum Gasteiger partial charge on any atom is -0.250 e. The van der Waals surface area contributed by atoms with Crippen molar-refractivity contribution in [2.45, 2.75) is 26.9 Å². The summed E-state index contributed by atoms with van der Waals surface area (Å²) in [7, 11) is 0. The predicted octanol–water partition coefficient (Wildman–Crippen LogP) is 2.70. The average molecular weight is 363 g/mol.